The summed E-state index contributed by atoms with van der Waals surface area (Å²) in [5, 5.41) is 9.19. The summed E-state index contributed by atoms with van der Waals surface area (Å²) < 4.78 is 0.991. The smallest absolute Gasteiger partial charge is 0.0692 e. The van der Waals surface area contributed by atoms with Crippen LogP contribution < -0.4 is 4.90 Å². The van der Waals surface area contributed by atoms with Crippen molar-refractivity contribution >= 4 is 21.6 Å². The molecular formula is C15H23BrN2O. The molecule has 4 heteroatoms. The van der Waals surface area contributed by atoms with E-state index < -0.39 is 0 Å². The summed E-state index contributed by atoms with van der Waals surface area (Å²) in [5.41, 5.74) is 2.43. The second-order valence-electron chi connectivity index (χ2n) is 6.08. The van der Waals surface area contributed by atoms with E-state index in [4.69, 9.17) is 0 Å². The van der Waals surface area contributed by atoms with Crippen LogP contribution in [0.3, 0.4) is 0 Å². The van der Waals surface area contributed by atoms with Gasteiger partial charge in [0.25, 0.3) is 0 Å². The first-order valence-corrected chi connectivity index (χ1v) is 7.60. The van der Waals surface area contributed by atoms with Crippen LogP contribution in [0.15, 0.2) is 22.7 Å². The predicted octanol–water partition coefficient (Wildman–Crippen LogP) is 2.86. The summed E-state index contributed by atoms with van der Waals surface area (Å²) in [6, 6.07) is 6.21. The molecule has 1 aliphatic heterocycles. The van der Waals surface area contributed by atoms with Gasteiger partial charge in [-0.3, -0.25) is 4.90 Å². The van der Waals surface area contributed by atoms with Gasteiger partial charge in [0.2, 0.25) is 0 Å². The minimum Gasteiger partial charge on any atom is -0.392 e. The molecule has 0 amide bonds. The molecule has 0 saturated carbocycles. The number of anilines is 1. The maximum Gasteiger partial charge on any atom is 0.0692 e. The molecule has 0 bridgehead atoms. The van der Waals surface area contributed by atoms with Gasteiger partial charge in [0.1, 0.15) is 0 Å². The van der Waals surface area contributed by atoms with Crippen LogP contribution in [0.5, 0.6) is 0 Å². The molecule has 0 unspecified atom stereocenters. The van der Waals surface area contributed by atoms with Gasteiger partial charge in [-0.25, -0.2) is 0 Å². The Kier molecular flexibility index (Phi) is 4.54. The van der Waals surface area contributed by atoms with Crippen LogP contribution in [0.4, 0.5) is 5.69 Å². The number of hydrogen-bond donors (Lipinski definition) is 1. The van der Waals surface area contributed by atoms with E-state index in [0.717, 1.165) is 36.2 Å². The molecule has 1 fully saturated rings. The zero-order valence-corrected chi connectivity index (χ0v) is 13.6. The molecule has 0 radical (unpaired) electrons. The molecule has 1 saturated heterocycles. The standard InChI is InChI=1S/C15H23BrN2O/c1-15(2,3)18-8-6-17(7-9-18)13-5-4-12(11-19)14(16)10-13/h4-5,10,19H,6-9,11H2,1-3H3. The van der Waals surface area contributed by atoms with Crippen LogP contribution in [0, 0.1) is 0 Å². The number of aliphatic hydroxyl groups excluding tert-OH is 1. The lowest BCUT2D eigenvalue weighted by molar-refractivity contribution is 0.128. The lowest BCUT2D eigenvalue weighted by Crippen LogP contribution is -2.53. The highest BCUT2D eigenvalue weighted by Gasteiger charge is 2.25. The molecule has 1 aromatic rings. The van der Waals surface area contributed by atoms with Crippen molar-refractivity contribution < 1.29 is 5.11 Å². The number of nitrogens with zero attached hydrogens (tertiary/aromatic N) is 2. The topological polar surface area (TPSA) is 26.7 Å². The van der Waals surface area contributed by atoms with Gasteiger partial charge < -0.3 is 10.0 Å². The van der Waals surface area contributed by atoms with Gasteiger partial charge in [-0.05, 0) is 38.5 Å². The number of benzene rings is 1. The van der Waals surface area contributed by atoms with E-state index in [1.807, 2.05) is 6.07 Å². The Morgan fingerprint density at radius 3 is 2.26 bits per heavy atom. The minimum absolute atomic E-state index is 0.0820. The Balaban J connectivity index is 2.04. The number of hydrogen-bond acceptors (Lipinski definition) is 3. The Morgan fingerprint density at radius 1 is 1.16 bits per heavy atom. The maximum absolute atomic E-state index is 9.19. The van der Waals surface area contributed by atoms with Crippen LogP contribution in [0.1, 0.15) is 26.3 Å². The SMILES string of the molecule is CC(C)(C)N1CCN(c2ccc(CO)c(Br)c2)CC1. The third kappa shape index (κ3) is 3.50. The van der Waals surface area contributed by atoms with E-state index in [2.05, 4.69) is 58.6 Å². The molecule has 1 heterocycles. The molecule has 19 heavy (non-hydrogen) atoms. The van der Waals surface area contributed by atoms with Gasteiger partial charge in [0.15, 0.2) is 0 Å². The molecular weight excluding hydrogens is 304 g/mol. The number of aliphatic hydroxyl groups is 1. The molecule has 3 nitrogen and oxygen atoms in total. The van der Waals surface area contributed by atoms with Crippen LogP contribution in [0.2, 0.25) is 0 Å². The van der Waals surface area contributed by atoms with Crippen LogP contribution in [0.25, 0.3) is 0 Å². The van der Waals surface area contributed by atoms with Crippen molar-refractivity contribution in [3.05, 3.63) is 28.2 Å². The van der Waals surface area contributed by atoms with E-state index in [-0.39, 0.29) is 12.1 Å². The van der Waals surface area contributed by atoms with Gasteiger partial charge in [-0.15, -0.1) is 0 Å². The lowest BCUT2D eigenvalue weighted by Gasteiger charge is -2.43. The van der Waals surface area contributed by atoms with Crippen LogP contribution in [-0.4, -0.2) is 41.7 Å². The highest BCUT2D eigenvalue weighted by atomic mass is 79.9. The van der Waals surface area contributed by atoms with Crippen molar-refractivity contribution in [2.24, 2.45) is 0 Å². The van der Waals surface area contributed by atoms with Gasteiger partial charge in [0, 0.05) is 41.9 Å². The predicted molar refractivity (Wildman–Crippen MR) is 83.6 cm³/mol. The van der Waals surface area contributed by atoms with Crippen molar-refractivity contribution in [1.82, 2.24) is 4.90 Å². The molecule has 2 rings (SSSR count). The van der Waals surface area contributed by atoms with Crippen LogP contribution >= 0.6 is 15.9 Å². The molecule has 0 spiro atoms. The number of rotatable bonds is 2. The lowest BCUT2D eigenvalue weighted by atomic mass is 10.0. The summed E-state index contributed by atoms with van der Waals surface area (Å²) >= 11 is 3.52. The molecule has 0 aliphatic carbocycles. The molecule has 1 aliphatic rings. The van der Waals surface area contributed by atoms with E-state index >= 15 is 0 Å². The Morgan fingerprint density at radius 2 is 1.79 bits per heavy atom. The first-order chi connectivity index (χ1) is 8.91. The van der Waals surface area contributed by atoms with E-state index in [0.29, 0.717) is 0 Å². The Labute approximate surface area is 124 Å². The van der Waals surface area contributed by atoms with Crippen molar-refractivity contribution in [2.45, 2.75) is 32.9 Å². The number of piperazine rings is 1. The number of halogens is 1. The summed E-state index contributed by atoms with van der Waals surface area (Å²) in [7, 11) is 0. The Hall–Kier alpha value is -0.580. The third-order valence-corrected chi connectivity index (χ3v) is 4.54. The highest BCUT2D eigenvalue weighted by Crippen LogP contribution is 2.26. The average molecular weight is 327 g/mol. The van der Waals surface area contributed by atoms with E-state index in [1.165, 1.54) is 5.69 Å². The molecule has 1 aromatic carbocycles. The van der Waals surface area contributed by atoms with Gasteiger partial charge >= 0.3 is 0 Å². The summed E-state index contributed by atoms with van der Waals surface area (Å²) in [5.74, 6) is 0. The van der Waals surface area contributed by atoms with Crippen molar-refractivity contribution in [3.8, 4) is 0 Å². The molecule has 106 valence electrons. The van der Waals surface area contributed by atoms with E-state index in [1.54, 1.807) is 0 Å². The summed E-state index contributed by atoms with van der Waals surface area (Å²) in [6.45, 7) is 11.2. The molecule has 0 aromatic heterocycles. The average Bonchev–Trinajstić information content (AvgIpc) is 2.38. The van der Waals surface area contributed by atoms with Gasteiger partial charge in [0.05, 0.1) is 6.61 Å². The quantitative estimate of drug-likeness (QED) is 0.905. The van der Waals surface area contributed by atoms with Crippen LogP contribution in [-0.2, 0) is 6.61 Å². The fourth-order valence-corrected chi connectivity index (χ4v) is 2.99. The third-order valence-electron chi connectivity index (χ3n) is 3.80. The second-order valence-corrected chi connectivity index (χ2v) is 6.93. The second kappa shape index (κ2) is 5.81. The monoisotopic (exact) mass is 326 g/mol. The Bertz CT molecular complexity index is 434. The summed E-state index contributed by atoms with van der Waals surface area (Å²) in [4.78, 5) is 4.94. The summed E-state index contributed by atoms with van der Waals surface area (Å²) in [6.07, 6.45) is 0. The first kappa shape index (κ1) is 14.8. The zero-order chi connectivity index (χ0) is 14.0. The zero-order valence-electron chi connectivity index (χ0n) is 12.0. The van der Waals surface area contributed by atoms with Gasteiger partial charge in [-0.2, -0.15) is 0 Å². The highest BCUT2D eigenvalue weighted by molar-refractivity contribution is 9.10. The fourth-order valence-electron chi connectivity index (χ4n) is 2.50. The normalized spacial score (nSPS) is 17.8. The van der Waals surface area contributed by atoms with Crippen molar-refractivity contribution in [3.63, 3.8) is 0 Å². The van der Waals surface area contributed by atoms with Crippen molar-refractivity contribution in [1.29, 1.82) is 0 Å². The van der Waals surface area contributed by atoms with Crippen molar-refractivity contribution in [2.75, 3.05) is 31.1 Å². The van der Waals surface area contributed by atoms with Gasteiger partial charge in [-0.1, -0.05) is 22.0 Å². The van der Waals surface area contributed by atoms with E-state index in [9.17, 15) is 5.11 Å². The minimum atomic E-state index is 0.0820. The first-order valence-electron chi connectivity index (χ1n) is 6.81. The maximum atomic E-state index is 9.19. The fraction of sp³-hybridized carbons (Fsp3) is 0.600. The molecule has 1 N–H and O–H groups in total. The largest absolute Gasteiger partial charge is 0.392 e. The molecule has 0 atom stereocenters.